The fourth-order valence-electron chi connectivity index (χ4n) is 3.41. The number of esters is 1. The Morgan fingerprint density at radius 1 is 1.15 bits per heavy atom. The largest absolute Gasteiger partial charge is 0.478 e. The molecule has 0 saturated heterocycles. The molecule has 10 heteroatoms. The number of benzene rings is 1. The van der Waals surface area contributed by atoms with E-state index in [1.165, 1.54) is 37.8 Å². The van der Waals surface area contributed by atoms with Gasteiger partial charge in [0.25, 0.3) is 10.0 Å². The molecule has 0 spiro atoms. The predicted molar refractivity (Wildman–Crippen MR) is 121 cm³/mol. The SMILES string of the molecule is CNC(OC(=O)/C=C/C(=O)O)c1cc(-c2c(C)cccc2C)n(S(=O)(=O)c2cccnc2)c1. The lowest BCUT2D eigenvalue weighted by Gasteiger charge is -2.14. The van der Waals surface area contributed by atoms with Gasteiger partial charge in [0.15, 0.2) is 6.23 Å². The minimum atomic E-state index is -4.03. The Morgan fingerprint density at radius 2 is 1.85 bits per heavy atom. The van der Waals surface area contributed by atoms with Crippen LogP contribution in [0.5, 0.6) is 0 Å². The molecule has 2 heterocycles. The number of carbonyl (C=O) groups excluding carboxylic acids is 1. The Morgan fingerprint density at radius 3 is 2.42 bits per heavy atom. The van der Waals surface area contributed by atoms with Crippen molar-refractivity contribution in [1.29, 1.82) is 0 Å². The number of nitrogens with one attached hydrogen (secondary N) is 1. The van der Waals surface area contributed by atoms with Crippen molar-refractivity contribution in [3.8, 4) is 11.3 Å². The van der Waals surface area contributed by atoms with E-state index < -0.39 is 28.2 Å². The van der Waals surface area contributed by atoms with Gasteiger partial charge in [0.2, 0.25) is 0 Å². The number of carboxylic acids is 1. The van der Waals surface area contributed by atoms with E-state index in [0.717, 1.165) is 26.7 Å². The molecule has 0 amide bonds. The van der Waals surface area contributed by atoms with Gasteiger partial charge in [-0.1, -0.05) is 18.2 Å². The lowest BCUT2D eigenvalue weighted by molar-refractivity contribution is -0.145. The molecular weight excluding hydrogens is 446 g/mol. The van der Waals surface area contributed by atoms with Gasteiger partial charge >= 0.3 is 11.9 Å². The van der Waals surface area contributed by atoms with Crippen molar-refractivity contribution in [2.24, 2.45) is 0 Å². The number of nitrogens with zero attached hydrogens (tertiary/aromatic N) is 2. The molecule has 2 N–H and O–H groups in total. The van der Waals surface area contributed by atoms with Crippen molar-refractivity contribution in [3.63, 3.8) is 0 Å². The average molecular weight is 470 g/mol. The fraction of sp³-hybridized carbons (Fsp3) is 0.174. The van der Waals surface area contributed by atoms with Gasteiger partial charge in [0.1, 0.15) is 4.90 Å². The molecule has 0 fully saturated rings. The summed E-state index contributed by atoms with van der Waals surface area (Å²) in [5.74, 6) is -2.19. The molecule has 3 rings (SSSR count). The van der Waals surface area contributed by atoms with Crippen molar-refractivity contribution in [2.75, 3.05) is 7.05 Å². The van der Waals surface area contributed by atoms with Crippen LogP contribution in [-0.4, -0.2) is 41.5 Å². The Bertz CT molecular complexity index is 1290. The van der Waals surface area contributed by atoms with Crippen LogP contribution in [0.3, 0.4) is 0 Å². The van der Waals surface area contributed by atoms with Crippen molar-refractivity contribution in [3.05, 3.63) is 83.8 Å². The lowest BCUT2D eigenvalue weighted by Crippen LogP contribution is -2.22. The number of hydrogen-bond donors (Lipinski definition) is 2. The van der Waals surface area contributed by atoms with E-state index in [4.69, 9.17) is 9.84 Å². The van der Waals surface area contributed by atoms with Crippen LogP contribution in [0.1, 0.15) is 22.9 Å². The van der Waals surface area contributed by atoms with E-state index in [9.17, 15) is 18.0 Å². The highest BCUT2D eigenvalue weighted by Crippen LogP contribution is 2.33. The normalized spacial score (nSPS) is 12.6. The molecule has 33 heavy (non-hydrogen) atoms. The molecule has 2 aromatic heterocycles. The van der Waals surface area contributed by atoms with Crippen LogP contribution in [0, 0.1) is 13.8 Å². The van der Waals surface area contributed by atoms with Crippen LogP contribution in [0.4, 0.5) is 0 Å². The van der Waals surface area contributed by atoms with Crippen molar-refractivity contribution in [2.45, 2.75) is 25.0 Å². The number of rotatable bonds is 8. The molecule has 172 valence electrons. The quantitative estimate of drug-likeness (QED) is 0.293. The number of hydrogen-bond acceptors (Lipinski definition) is 7. The summed E-state index contributed by atoms with van der Waals surface area (Å²) in [4.78, 5) is 26.6. The molecule has 0 radical (unpaired) electrons. The molecular formula is C23H23N3O6S. The van der Waals surface area contributed by atoms with Crippen LogP contribution in [0.25, 0.3) is 11.3 Å². The van der Waals surface area contributed by atoms with Gasteiger partial charge < -0.3 is 9.84 Å². The van der Waals surface area contributed by atoms with E-state index in [1.807, 2.05) is 32.0 Å². The highest BCUT2D eigenvalue weighted by molar-refractivity contribution is 7.90. The third-order valence-electron chi connectivity index (χ3n) is 4.90. The lowest BCUT2D eigenvalue weighted by atomic mass is 10.00. The second kappa shape index (κ2) is 9.80. The average Bonchev–Trinajstić information content (AvgIpc) is 3.22. The Hall–Kier alpha value is -3.76. The number of aryl methyl sites for hydroxylation is 2. The maximum absolute atomic E-state index is 13.5. The number of aromatic nitrogens is 2. The zero-order valence-corrected chi connectivity index (χ0v) is 19.0. The smallest absolute Gasteiger partial charge is 0.332 e. The zero-order valence-electron chi connectivity index (χ0n) is 18.2. The summed E-state index contributed by atoms with van der Waals surface area (Å²) in [7, 11) is -2.50. The second-order valence-electron chi connectivity index (χ2n) is 7.19. The first kappa shape index (κ1) is 23.9. The number of ether oxygens (including phenoxy) is 1. The fourth-order valence-corrected chi connectivity index (χ4v) is 4.74. The summed E-state index contributed by atoms with van der Waals surface area (Å²) >= 11 is 0. The molecule has 0 aliphatic rings. The van der Waals surface area contributed by atoms with Gasteiger partial charge in [0, 0.05) is 41.9 Å². The van der Waals surface area contributed by atoms with Gasteiger partial charge in [-0.25, -0.2) is 22.0 Å². The van der Waals surface area contributed by atoms with E-state index >= 15 is 0 Å². The predicted octanol–water partition coefficient (Wildman–Crippen LogP) is 2.81. The summed E-state index contributed by atoms with van der Waals surface area (Å²) in [5.41, 5.74) is 3.21. The number of pyridine rings is 1. The summed E-state index contributed by atoms with van der Waals surface area (Å²) in [6.07, 6.45) is 4.53. The molecule has 1 aromatic carbocycles. The van der Waals surface area contributed by atoms with E-state index in [1.54, 1.807) is 6.07 Å². The molecule has 0 aliphatic heterocycles. The molecule has 0 saturated carbocycles. The maximum atomic E-state index is 13.5. The van der Waals surface area contributed by atoms with Crippen LogP contribution >= 0.6 is 0 Å². The summed E-state index contributed by atoms with van der Waals surface area (Å²) in [5, 5.41) is 11.5. The monoisotopic (exact) mass is 469 g/mol. The highest BCUT2D eigenvalue weighted by atomic mass is 32.2. The van der Waals surface area contributed by atoms with Crippen LogP contribution in [0.2, 0.25) is 0 Å². The van der Waals surface area contributed by atoms with Crippen molar-refractivity contribution >= 4 is 22.0 Å². The molecule has 1 atom stereocenters. The van der Waals surface area contributed by atoms with Crippen molar-refractivity contribution < 1.29 is 27.9 Å². The minimum Gasteiger partial charge on any atom is -0.478 e. The molecule has 0 bridgehead atoms. The summed E-state index contributed by atoms with van der Waals surface area (Å²) in [6, 6.07) is 10.2. The Kier molecular flexibility index (Phi) is 7.10. The zero-order chi connectivity index (χ0) is 24.2. The highest BCUT2D eigenvalue weighted by Gasteiger charge is 2.26. The van der Waals surface area contributed by atoms with Gasteiger partial charge in [-0.2, -0.15) is 0 Å². The summed E-state index contributed by atoms with van der Waals surface area (Å²) in [6.45, 7) is 3.75. The number of carboxylic acid groups (broad SMARTS) is 1. The third kappa shape index (κ3) is 5.18. The molecule has 0 aliphatic carbocycles. The minimum absolute atomic E-state index is 0.00188. The first-order valence-electron chi connectivity index (χ1n) is 9.88. The van der Waals surface area contributed by atoms with E-state index in [-0.39, 0.29) is 4.90 Å². The Labute approximate surface area is 191 Å². The van der Waals surface area contributed by atoms with Gasteiger partial charge in [-0.05, 0) is 50.2 Å². The van der Waals surface area contributed by atoms with E-state index in [2.05, 4.69) is 10.3 Å². The number of carbonyl (C=O) groups is 2. The van der Waals surface area contributed by atoms with Gasteiger partial charge in [0.05, 0.1) is 5.69 Å². The number of aliphatic carboxylic acids is 1. The second-order valence-corrected chi connectivity index (χ2v) is 9.01. The molecule has 1 unspecified atom stereocenters. The van der Waals surface area contributed by atoms with Crippen LogP contribution < -0.4 is 5.32 Å². The van der Waals surface area contributed by atoms with Crippen LogP contribution in [0.15, 0.2) is 72.0 Å². The third-order valence-corrected chi connectivity index (χ3v) is 6.55. The van der Waals surface area contributed by atoms with E-state index in [0.29, 0.717) is 17.3 Å². The topological polar surface area (TPSA) is 128 Å². The van der Waals surface area contributed by atoms with Gasteiger partial charge in [-0.3, -0.25) is 10.3 Å². The Balaban J connectivity index is 2.16. The molecule has 3 aromatic rings. The van der Waals surface area contributed by atoms with Crippen LogP contribution in [-0.2, 0) is 24.3 Å². The standard InChI is InChI=1S/C23H23N3O6S/c1-15-6-4-7-16(2)22(15)19-12-17(23(24-3)32-21(29)10-9-20(27)28)14-26(19)33(30,31)18-8-5-11-25-13-18/h4-14,23-24H,1-3H3,(H,27,28)/b10-9+. The van der Waals surface area contributed by atoms with Crippen molar-refractivity contribution in [1.82, 2.24) is 14.3 Å². The first-order valence-corrected chi connectivity index (χ1v) is 11.3. The maximum Gasteiger partial charge on any atom is 0.332 e. The first-order chi connectivity index (χ1) is 15.6. The summed E-state index contributed by atoms with van der Waals surface area (Å²) < 4.78 is 33.4. The molecule has 9 nitrogen and oxygen atoms in total. The van der Waals surface area contributed by atoms with Gasteiger partial charge in [-0.15, -0.1) is 0 Å².